The minimum Gasteiger partial charge on any atom is -0.390 e. The molecule has 3 rings (SSSR count). The normalized spacial score (nSPS) is 19.5. The van der Waals surface area contributed by atoms with Crippen LogP contribution < -0.4 is 10.0 Å². The van der Waals surface area contributed by atoms with Crippen LogP contribution in [0.15, 0.2) is 47.4 Å². The molecule has 2 aromatic rings. The number of fused-ring (bicyclic) bond motifs is 1. The monoisotopic (exact) mass is 380 g/mol. The van der Waals surface area contributed by atoms with Crippen molar-refractivity contribution < 1.29 is 18.3 Å². The molecular weight excluding hydrogens is 364 g/mol. The van der Waals surface area contributed by atoms with Gasteiger partial charge in [-0.2, -0.15) is 0 Å². The van der Waals surface area contributed by atoms with Gasteiger partial charge in [0, 0.05) is 6.42 Å². The molecule has 0 radical (unpaired) electrons. The van der Waals surface area contributed by atoms with E-state index in [0.29, 0.717) is 6.42 Å². The molecule has 0 saturated carbocycles. The summed E-state index contributed by atoms with van der Waals surface area (Å²) in [7, 11) is -2.41. The van der Waals surface area contributed by atoms with Crippen molar-refractivity contribution in [1.82, 2.24) is 10.0 Å². The standard InChI is InChI=1S/C17H17ClN2O4S/c1-19-25(23,24)11-6-7-14(18)13(9-11)17(22)20-16-12-5-3-2-4-10(12)8-15(16)21/h2-7,9,15-16,19,21H,8H2,1H3,(H,20,22)/t15-,16+/m0/s1. The zero-order valence-corrected chi connectivity index (χ0v) is 14.9. The number of rotatable bonds is 4. The van der Waals surface area contributed by atoms with E-state index in [2.05, 4.69) is 10.0 Å². The minimum atomic E-state index is -3.70. The molecule has 6 nitrogen and oxygen atoms in total. The summed E-state index contributed by atoms with van der Waals surface area (Å²) in [5.74, 6) is -0.543. The van der Waals surface area contributed by atoms with Gasteiger partial charge in [0.05, 0.1) is 27.6 Å². The van der Waals surface area contributed by atoms with Crippen LogP contribution in [0.2, 0.25) is 5.02 Å². The van der Waals surface area contributed by atoms with E-state index < -0.39 is 28.1 Å². The molecule has 0 unspecified atom stereocenters. The Morgan fingerprint density at radius 2 is 1.96 bits per heavy atom. The van der Waals surface area contributed by atoms with E-state index in [1.54, 1.807) is 0 Å². The van der Waals surface area contributed by atoms with Crippen molar-refractivity contribution in [2.24, 2.45) is 0 Å². The van der Waals surface area contributed by atoms with Crippen molar-refractivity contribution >= 4 is 27.5 Å². The topological polar surface area (TPSA) is 95.5 Å². The molecule has 0 saturated heterocycles. The smallest absolute Gasteiger partial charge is 0.253 e. The number of hydrogen-bond donors (Lipinski definition) is 3. The Bertz CT molecular complexity index is 930. The third-order valence-electron chi connectivity index (χ3n) is 4.25. The van der Waals surface area contributed by atoms with Crippen LogP contribution in [0.3, 0.4) is 0 Å². The number of aliphatic hydroxyl groups is 1. The Morgan fingerprint density at radius 3 is 2.68 bits per heavy atom. The van der Waals surface area contributed by atoms with Gasteiger partial charge in [0.2, 0.25) is 10.0 Å². The molecule has 2 atom stereocenters. The molecule has 0 bridgehead atoms. The summed E-state index contributed by atoms with van der Waals surface area (Å²) in [4.78, 5) is 12.6. The van der Waals surface area contributed by atoms with Crippen LogP contribution in [0.4, 0.5) is 0 Å². The van der Waals surface area contributed by atoms with E-state index >= 15 is 0 Å². The number of carbonyl (C=O) groups is 1. The predicted octanol–water partition coefficient (Wildman–Crippen LogP) is 1.64. The lowest BCUT2D eigenvalue weighted by atomic mass is 10.1. The lowest BCUT2D eigenvalue weighted by Gasteiger charge is -2.18. The lowest BCUT2D eigenvalue weighted by molar-refractivity contribution is 0.0858. The van der Waals surface area contributed by atoms with Crippen molar-refractivity contribution in [2.45, 2.75) is 23.5 Å². The molecule has 0 heterocycles. The Kier molecular flexibility index (Phi) is 4.83. The molecule has 0 fully saturated rings. The Labute approximate surface area is 150 Å². The minimum absolute atomic E-state index is 0.0366. The average Bonchev–Trinajstić information content (AvgIpc) is 2.90. The second-order valence-corrected chi connectivity index (χ2v) is 8.06. The quantitative estimate of drug-likeness (QED) is 0.751. The van der Waals surface area contributed by atoms with Gasteiger partial charge >= 0.3 is 0 Å². The summed E-state index contributed by atoms with van der Waals surface area (Å²) in [6.45, 7) is 0. The van der Waals surface area contributed by atoms with Crippen molar-refractivity contribution in [3.8, 4) is 0 Å². The van der Waals surface area contributed by atoms with Gasteiger partial charge in [-0.15, -0.1) is 0 Å². The number of aliphatic hydroxyl groups excluding tert-OH is 1. The van der Waals surface area contributed by atoms with E-state index in [1.807, 2.05) is 24.3 Å². The van der Waals surface area contributed by atoms with E-state index in [0.717, 1.165) is 11.1 Å². The molecule has 3 N–H and O–H groups in total. The first kappa shape index (κ1) is 17.9. The number of nitrogens with one attached hydrogen (secondary N) is 2. The first-order chi connectivity index (χ1) is 11.8. The third kappa shape index (κ3) is 3.41. The first-order valence-corrected chi connectivity index (χ1v) is 9.49. The van der Waals surface area contributed by atoms with Gasteiger partial charge in [-0.3, -0.25) is 4.79 Å². The molecule has 8 heteroatoms. The maximum absolute atomic E-state index is 12.6. The highest BCUT2D eigenvalue weighted by atomic mass is 35.5. The van der Waals surface area contributed by atoms with Crippen LogP contribution in [-0.2, 0) is 16.4 Å². The van der Waals surface area contributed by atoms with Crippen LogP contribution in [0.1, 0.15) is 27.5 Å². The maximum atomic E-state index is 12.6. The highest BCUT2D eigenvalue weighted by molar-refractivity contribution is 7.89. The van der Waals surface area contributed by atoms with Gasteiger partial charge in [0.1, 0.15) is 0 Å². The Morgan fingerprint density at radius 1 is 1.24 bits per heavy atom. The molecule has 1 aliphatic carbocycles. The second kappa shape index (κ2) is 6.76. The summed E-state index contributed by atoms with van der Waals surface area (Å²) in [6, 6.07) is 10.8. The number of benzene rings is 2. The molecule has 2 aromatic carbocycles. The van der Waals surface area contributed by atoms with Crippen molar-refractivity contribution in [3.63, 3.8) is 0 Å². The van der Waals surface area contributed by atoms with Crippen molar-refractivity contribution in [2.75, 3.05) is 7.05 Å². The fourth-order valence-corrected chi connectivity index (χ4v) is 3.89. The third-order valence-corrected chi connectivity index (χ3v) is 5.99. The highest BCUT2D eigenvalue weighted by Crippen LogP contribution is 2.32. The summed E-state index contributed by atoms with van der Waals surface area (Å²) in [5.41, 5.74) is 1.85. The number of halogens is 1. The van der Waals surface area contributed by atoms with Gasteiger partial charge in [-0.1, -0.05) is 35.9 Å². The second-order valence-electron chi connectivity index (χ2n) is 5.77. The van der Waals surface area contributed by atoms with Crippen molar-refractivity contribution in [3.05, 3.63) is 64.2 Å². The lowest BCUT2D eigenvalue weighted by Crippen LogP contribution is -2.34. The van der Waals surface area contributed by atoms with E-state index in [4.69, 9.17) is 11.6 Å². The Hall–Kier alpha value is -1.93. The summed E-state index contributed by atoms with van der Waals surface area (Å²) in [5, 5.41) is 13.1. The van der Waals surface area contributed by atoms with Gasteiger partial charge in [0.15, 0.2) is 0 Å². The molecule has 1 aliphatic rings. The maximum Gasteiger partial charge on any atom is 0.253 e. The molecule has 0 spiro atoms. The number of hydrogen-bond acceptors (Lipinski definition) is 4. The summed E-state index contributed by atoms with van der Waals surface area (Å²) >= 11 is 6.07. The van der Waals surface area contributed by atoms with Crippen LogP contribution in [0, 0.1) is 0 Å². The largest absolute Gasteiger partial charge is 0.390 e. The van der Waals surface area contributed by atoms with Crippen LogP contribution in [-0.4, -0.2) is 32.6 Å². The fraction of sp³-hybridized carbons (Fsp3) is 0.235. The van der Waals surface area contributed by atoms with Crippen LogP contribution in [0.25, 0.3) is 0 Å². The van der Waals surface area contributed by atoms with Crippen LogP contribution in [0.5, 0.6) is 0 Å². The molecule has 132 valence electrons. The van der Waals surface area contributed by atoms with E-state index in [1.165, 1.54) is 25.2 Å². The first-order valence-electron chi connectivity index (χ1n) is 7.63. The summed E-state index contributed by atoms with van der Waals surface area (Å²) < 4.78 is 26.0. The molecule has 1 amide bonds. The van der Waals surface area contributed by atoms with Crippen molar-refractivity contribution in [1.29, 1.82) is 0 Å². The molecular formula is C17H17ClN2O4S. The Balaban J connectivity index is 1.91. The molecule has 0 aliphatic heterocycles. The summed E-state index contributed by atoms with van der Waals surface area (Å²) in [6.07, 6.45) is -0.299. The van der Waals surface area contributed by atoms with Crippen LogP contribution >= 0.6 is 11.6 Å². The predicted molar refractivity (Wildman–Crippen MR) is 94.1 cm³/mol. The SMILES string of the molecule is CNS(=O)(=O)c1ccc(Cl)c(C(=O)N[C@@H]2c3ccccc3C[C@@H]2O)c1. The van der Waals surface area contributed by atoms with E-state index in [9.17, 15) is 18.3 Å². The highest BCUT2D eigenvalue weighted by Gasteiger charge is 2.32. The fourth-order valence-electron chi connectivity index (χ4n) is 2.93. The number of sulfonamides is 1. The average molecular weight is 381 g/mol. The van der Waals surface area contributed by atoms with Gasteiger partial charge in [-0.25, -0.2) is 13.1 Å². The zero-order valence-electron chi connectivity index (χ0n) is 13.4. The van der Waals surface area contributed by atoms with Gasteiger partial charge in [0.25, 0.3) is 5.91 Å². The zero-order chi connectivity index (χ0) is 18.2. The number of carbonyl (C=O) groups excluding carboxylic acids is 1. The molecule has 25 heavy (non-hydrogen) atoms. The van der Waals surface area contributed by atoms with E-state index in [-0.39, 0.29) is 15.5 Å². The van der Waals surface area contributed by atoms with Gasteiger partial charge in [-0.05, 0) is 36.4 Å². The number of amides is 1. The van der Waals surface area contributed by atoms with Gasteiger partial charge < -0.3 is 10.4 Å². The molecule has 0 aromatic heterocycles.